The SMILES string of the molecule is CCn1nc(C)cc1-c1ncc2c3cc(C(N)=O)ccc3n(C/C=C/Cn3c(NC(OC)c4cc(C)nn4CC)nc4cc(C(N)=O)cnc43)c2n1. The fraction of sp³-hybridized carbons (Fsp3) is 0.278. The molecule has 6 aromatic heterocycles. The van der Waals surface area contributed by atoms with Gasteiger partial charge in [0.2, 0.25) is 17.8 Å². The molecule has 7 aromatic rings. The number of primary amides is 2. The van der Waals surface area contributed by atoms with Gasteiger partial charge in [0.05, 0.1) is 28.2 Å². The van der Waals surface area contributed by atoms with Crippen molar-refractivity contribution < 1.29 is 14.3 Å². The van der Waals surface area contributed by atoms with E-state index in [1.807, 2.05) is 72.0 Å². The Labute approximate surface area is 298 Å². The first kappa shape index (κ1) is 34.0. The molecule has 0 spiro atoms. The number of nitrogens with two attached hydrogens (primary N) is 2. The Morgan fingerprint density at radius 1 is 0.827 bits per heavy atom. The van der Waals surface area contributed by atoms with Crippen LogP contribution in [0.4, 0.5) is 5.95 Å². The maximum absolute atomic E-state index is 12.1. The number of amides is 2. The van der Waals surface area contributed by atoms with Crippen molar-refractivity contribution in [1.29, 1.82) is 0 Å². The molecule has 1 atom stereocenters. The minimum absolute atomic E-state index is 0.256. The summed E-state index contributed by atoms with van der Waals surface area (Å²) in [5.41, 5.74) is 17.9. The van der Waals surface area contributed by atoms with Gasteiger partial charge in [0.25, 0.3) is 0 Å². The number of nitrogens with one attached hydrogen (secondary N) is 1. The molecular formula is C36H39N13O3. The summed E-state index contributed by atoms with van der Waals surface area (Å²) in [4.78, 5) is 43.1. The van der Waals surface area contributed by atoms with Gasteiger partial charge in [-0.25, -0.2) is 19.9 Å². The van der Waals surface area contributed by atoms with Crippen LogP contribution in [0.25, 0.3) is 44.6 Å². The lowest BCUT2D eigenvalue weighted by Gasteiger charge is -2.19. The first-order valence-corrected chi connectivity index (χ1v) is 16.9. The van der Waals surface area contributed by atoms with Gasteiger partial charge >= 0.3 is 0 Å². The third-order valence-corrected chi connectivity index (χ3v) is 8.93. The number of rotatable bonds is 13. The van der Waals surface area contributed by atoms with Crippen molar-refractivity contribution in [3.8, 4) is 11.5 Å². The van der Waals surface area contributed by atoms with Gasteiger partial charge in [0.15, 0.2) is 17.7 Å². The number of carbonyl (C=O) groups excluding carboxylic acids is 2. The Bertz CT molecular complexity index is 2520. The zero-order valence-electron chi connectivity index (χ0n) is 29.5. The summed E-state index contributed by atoms with van der Waals surface area (Å²) in [5.74, 6) is -0.0717. The third-order valence-electron chi connectivity index (χ3n) is 8.93. The molecule has 7 rings (SSSR count). The van der Waals surface area contributed by atoms with Gasteiger partial charge in [-0.15, -0.1) is 0 Å². The number of nitrogens with zero attached hydrogens (tertiary/aromatic N) is 10. The summed E-state index contributed by atoms with van der Waals surface area (Å²) in [6.45, 7) is 10.1. The number of imidazole rings is 1. The highest BCUT2D eigenvalue weighted by atomic mass is 16.5. The molecule has 0 aliphatic heterocycles. The summed E-state index contributed by atoms with van der Waals surface area (Å²) in [6.07, 6.45) is 6.69. The molecule has 16 heteroatoms. The minimum atomic E-state index is -0.592. The van der Waals surface area contributed by atoms with Crippen molar-refractivity contribution in [2.24, 2.45) is 11.5 Å². The van der Waals surface area contributed by atoms with Crippen LogP contribution in [-0.2, 0) is 30.9 Å². The first-order chi connectivity index (χ1) is 25.1. The highest BCUT2D eigenvalue weighted by molar-refractivity contribution is 6.09. The lowest BCUT2D eigenvalue weighted by Crippen LogP contribution is -2.20. The highest BCUT2D eigenvalue weighted by Gasteiger charge is 2.22. The van der Waals surface area contributed by atoms with Crippen LogP contribution in [-0.4, -0.2) is 67.6 Å². The number of ether oxygens (including phenoxy) is 1. The Morgan fingerprint density at radius 3 is 2.25 bits per heavy atom. The zero-order chi connectivity index (χ0) is 36.7. The lowest BCUT2D eigenvalue weighted by molar-refractivity contribution is 0.0992. The predicted octanol–water partition coefficient (Wildman–Crippen LogP) is 4.26. The second-order valence-electron chi connectivity index (χ2n) is 12.4. The van der Waals surface area contributed by atoms with Crippen LogP contribution in [0.3, 0.4) is 0 Å². The molecule has 0 bridgehead atoms. The van der Waals surface area contributed by atoms with Gasteiger partial charge < -0.3 is 26.1 Å². The minimum Gasteiger partial charge on any atom is -0.366 e. The molecule has 266 valence electrons. The predicted molar refractivity (Wildman–Crippen MR) is 196 cm³/mol. The van der Waals surface area contributed by atoms with E-state index in [1.165, 1.54) is 6.20 Å². The molecule has 0 radical (unpaired) electrons. The molecule has 0 fully saturated rings. The van der Waals surface area contributed by atoms with E-state index >= 15 is 0 Å². The van der Waals surface area contributed by atoms with E-state index in [4.69, 9.17) is 31.2 Å². The Hall–Kier alpha value is -6.42. The molecule has 0 aliphatic carbocycles. The monoisotopic (exact) mass is 701 g/mol. The zero-order valence-corrected chi connectivity index (χ0v) is 29.5. The van der Waals surface area contributed by atoms with Crippen molar-refractivity contribution in [2.75, 3.05) is 12.4 Å². The fourth-order valence-corrected chi connectivity index (χ4v) is 6.49. The smallest absolute Gasteiger partial charge is 0.250 e. The maximum atomic E-state index is 12.1. The van der Waals surface area contributed by atoms with E-state index in [0.717, 1.165) is 39.1 Å². The molecule has 1 unspecified atom stereocenters. The molecule has 0 aliphatic rings. The number of aromatic nitrogens is 10. The summed E-state index contributed by atoms with van der Waals surface area (Å²) in [7, 11) is 1.61. The Balaban J connectivity index is 1.26. The Kier molecular flexibility index (Phi) is 8.98. The van der Waals surface area contributed by atoms with Crippen molar-refractivity contribution >= 4 is 50.9 Å². The van der Waals surface area contributed by atoms with E-state index in [2.05, 4.69) is 25.1 Å². The summed E-state index contributed by atoms with van der Waals surface area (Å²) in [6, 6.07) is 10.9. The number of pyridine rings is 1. The second-order valence-corrected chi connectivity index (χ2v) is 12.4. The van der Waals surface area contributed by atoms with E-state index in [9.17, 15) is 9.59 Å². The molecule has 52 heavy (non-hydrogen) atoms. The molecule has 16 nitrogen and oxygen atoms in total. The number of benzene rings is 1. The van der Waals surface area contributed by atoms with Crippen molar-refractivity contribution in [3.05, 3.63) is 89.2 Å². The largest absolute Gasteiger partial charge is 0.366 e. The average molecular weight is 702 g/mol. The Morgan fingerprint density at radius 2 is 1.54 bits per heavy atom. The number of allylic oxidation sites excluding steroid dienone is 2. The van der Waals surface area contributed by atoms with E-state index < -0.39 is 18.0 Å². The summed E-state index contributed by atoms with van der Waals surface area (Å²) in [5, 5.41) is 14.2. The van der Waals surface area contributed by atoms with Crippen molar-refractivity contribution in [3.63, 3.8) is 0 Å². The number of aryl methyl sites for hydroxylation is 4. The summed E-state index contributed by atoms with van der Waals surface area (Å²) < 4.78 is 13.6. The average Bonchev–Trinajstić information content (AvgIpc) is 3.89. The number of carbonyl (C=O) groups is 2. The topological polar surface area (TPSA) is 205 Å². The van der Waals surface area contributed by atoms with Gasteiger partial charge in [-0.2, -0.15) is 10.2 Å². The van der Waals surface area contributed by atoms with Crippen LogP contribution in [0.15, 0.2) is 60.9 Å². The number of hydrogen-bond donors (Lipinski definition) is 3. The standard InChI is InChI=1S/C36H39N13O3/c1-6-48-28(14-20(3)44-48)32-39-19-25-24-16-22(30(37)50)10-11-27(24)46(33(25)42-32)12-8-9-13-47-34-26(17-23(18-40-34)31(38)51)41-36(47)43-35(52-5)29-15-21(4)45-49(29)7-2/h8-11,14-19,35H,6-7,12-13H2,1-5H3,(H2,37,50)(H2,38,51)(H,41,43)/b9-8+. The van der Waals surface area contributed by atoms with Crippen molar-refractivity contribution in [1.82, 2.24) is 48.6 Å². The first-order valence-electron chi connectivity index (χ1n) is 16.9. The third kappa shape index (κ3) is 6.12. The van der Waals surface area contributed by atoms with Gasteiger partial charge in [-0.3, -0.25) is 23.5 Å². The van der Waals surface area contributed by atoms with Gasteiger partial charge in [0.1, 0.15) is 16.9 Å². The van der Waals surface area contributed by atoms with E-state index in [0.29, 0.717) is 60.3 Å². The van der Waals surface area contributed by atoms with Crippen LogP contribution in [0.1, 0.15) is 57.9 Å². The summed E-state index contributed by atoms with van der Waals surface area (Å²) >= 11 is 0. The molecular weight excluding hydrogens is 662 g/mol. The second kappa shape index (κ2) is 13.7. The number of anilines is 1. The number of hydrogen-bond acceptors (Lipinski definition) is 10. The molecule has 5 N–H and O–H groups in total. The van der Waals surface area contributed by atoms with Crippen molar-refractivity contribution in [2.45, 2.75) is 60.1 Å². The fourth-order valence-electron chi connectivity index (χ4n) is 6.49. The number of fused-ring (bicyclic) bond motifs is 4. The highest BCUT2D eigenvalue weighted by Crippen LogP contribution is 2.31. The van der Waals surface area contributed by atoms with E-state index in [1.54, 1.807) is 31.5 Å². The molecule has 0 saturated carbocycles. The van der Waals surface area contributed by atoms with Gasteiger partial charge in [-0.05, 0) is 64.1 Å². The normalized spacial score (nSPS) is 12.5. The molecule has 6 heterocycles. The number of methoxy groups -OCH3 is 1. The van der Waals surface area contributed by atoms with Crippen LogP contribution in [0.5, 0.6) is 0 Å². The van der Waals surface area contributed by atoms with Gasteiger partial charge in [0, 0.05) is 62.0 Å². The van der Waals surface area contributed by atoms with Gasteiger partial charge in [-0.1, -0.05) is 12.2 Å². The molecule has 0 saturated heterocycles. The lowest BCUT2D eigenvalue weighted by atomic mass is 10.1. The molecule has 2 amide bonds. The maximum Gasteiger partial charge on any atom is 0.250 e. The van der Waals surface area contributed by atoms with Crippen LogP contribution in [0, 0.1) is 13.8 Å². The van der Waals surface area contributed by atoms with Crippen LogP contribution < -0.4 is 16.8 Å². The van der Waals surface area contributed by atoms with Crippen LogP contribution >= 0.6 is 0 Å². The van der Waals surface area contributed by atoms with Crippen LogP contribution in [0.2, 0.25) is 0 Å². The molecule has 1 aromatic carbocycles. The van der Waals surface area contributed by atoms with E-state index in [-0.39, 0.29) is 5.56 Å². The quantitative estimate of drug-likeness (QED) is 0.115.